The summed E-state index contributed by atoms with van der Waals surface area (Å²) in [5, 5.41) is 3.14. The molecule has 2 aliphatic rings. The highest BCUT2D eigenvalue weighted by atomic mass is 19.4. The van der Waals surface area contributed by atoms with Crippen LogP contribution in [0, 0.1) is 5.82 Å². The first-order chi connectivity index (χ1) is 14.9. The van der Waals surface area contributed by atoms with Crippen LogP contribution in [0.2, 0.25) is 0 Å². The minimum Gasteiger partial charge on any atom is -0.318 e. The Hall–Kier alpha value is -2.82. The summed E-state index contributed by atoms with van der Waals surface area (Å²) in [6.07, 6.45) is -10.00. The highest BCUT2D eigenvalue weighted by Crippen LogP contribution is 2.39. The fourth-order valence-electron chi connectivity index (χ4n) is 4.24. The van der Waals surface area contributed by atoms with Gasteiger partial charge in [-0.15, -0.1) is 0 Å². The molecule has 2 heterocycles. The number of halogens is 7. The third-order valence-corrected chi connectivity index (χ3v) is 5.81. The second-order valence-corrected chi connectivity index (χ2v) is 7.78. The van der Waals surface area contributed by atoms with Gasteiger partial charge < -0.3 is 10.2 Å². The van der Waals surface area contributed by atoms with Gasteiger partial charge in [-0.25, -0.2) is 9.18 Å². The molecule has 11 heteroatoms. The number of rotatable bonds is 3. The summed E-state index contributed by atoms with van der Waals surface area (Å²) >= 11 is 0. The highest BCUT2D eigenvalue weighted by molar-refractivity contribution is 5.94. The van der Waals surface area contributed by atoms with E-state index in [4.69, 9.17) is 0 Å². The number of hydrogen-bond acceptors (Lipinski definition) is 2. The van der Waals surface area contributed by atoms with Crippen molar-refractivity contribution in [3.63, 3.8) is 0 Å². The molecule has 2 aromatic carbocycles. The van der Waals surface area contributed by atoms with Gasteiger partial charge in [0.05, 0.1) is 17.2 Å². The average molecular weight is 461 g/mol. The van der Waals surface area contributed by atoms with Gasteiger partial charge >= 0.3 is 18.4 Å². The number of nitrogens with zero attached hydrogens (tertiary/aromatic N) is 2. The Bertz CT molecular complexity index is 972. The Morgan fingerprint density at radius 2 is 1.44 bits per heavy atom. The highest BCUT2D eigenvalue weighted by Gasteiger charge is 2.43. The minimum absolute atomic E-state index is 0.0350. The third kappa shape index (κ3) is 4.25. The first-order valence-electron chi connectivity index (χ1n) is 9.79. The molecule has 0 bridgehead atoms. The minimum atomic E-state index is -5.00. The molecule has 1 N–H and O–H groups in total. The van der Waals surface area contributed by atoms with Crippen LogP contribution in [0.1, 0.15) is 22.6 Å². The lowest BCUT2D eigenvalue weighted by Gasteiger charge is -2.29. The number of amides is 2. The zero-order valence-electron chi connectivity index (χ0n) is 16.5. The fourth-order valence-corrected chi connectivity index (χ4v) is 4.24. The van der Waals surface area contributed by atoms with Crippen molar-refractivity contribution >= 4 is 11.7 Å². The van der Waals surface area contributed by atoms with Crippen molar-refractivity contribution < 1.29 is 35.5 Å². The maximum atomic E-state index is 13.3. The van der Waals surface area contributed by atoms with Gasteiger partial charge in [-0.2, -0.15) is 26.3 Å². The number of benzene rings is 2. The van der Waals surface area contributed by atoms with Crippen LogP contribution in [0.5, 0.6) is 0 Å². The normalized spacial score (nSPS) is 22.2. The molecule has 2 aliphatic heterocycles. The van der Waals surface area contributed by atoms with E-state index in [1.165, 1.54) is 17.0 Å². The molecule has 172 valence electrons. The van der Waals surface area contributed by atoms with Gasteiger partial charge in [0, 0.05) is 37.8 Å². The summed E-state index contributed by atoms with van der Waals surface area (Å²) in [6, 6.07) is 5.90. The van der Waals surface area contributed by atoms with Crippen molar-refractivity contribution in [1.82, 2.24) is 10.2 Å². The number of nitrogens with one attached hydrogen (secondary N) is 1. The zero-order valence-corrected chi connectivity index (χ0v) is 16.5. The van der Waals surface area contributed by atoms with Crippen LogP contribution in [0.3, 0.4) is 0 Å². The molecule has 2 aromatic rings. The van der Waals surface area contributed by atoms with E-state index in [2.05, 4.69) is 5.32 Å². The lowest BCUT2D eigenvalue weighted by molar-refractivity contribution is -0.143. The quantitative estimate of drug-likeness (QED) is 0.663. The Balaban J connectivity index is 1.63. The topological polar surface area (TPSA) is 35.6 Å². The fraction of sp³-hybridized carbons (Fsp3) is 0.381. The van der Waals surface area contributed by atoms with Crippen LogP contribution in [-0.4, -0.2) is 43.2 Å². The predicted molar refractivity (Wildman–Crippen MR) is 102 cm³/mol. The second-order valence-electron chi connectivity index (χ2n) is 7.78. The molecule has 2 fully saturated rings. The van der Waals surface area contributed by atoms with Crippen molar-refractivity contribution in [2.75, 3.05) is 31.1 Å². The number of carbonyl (C=O) groups is 1. The van der Waals surface area contributed by atoms with Gasteiger partial charge in [-0.3, -0.25) is 4.90 Å². The molecule has 4 rings (SSSR count). The summed E-state index contributed by atoms with van der Waals surface area (Å²) in [4.78, 5) is 15.4. The smallest absolute Gasteiger partial charge is 0.318 e. The van der Waals surface area contributed by atoms with E-state index in [0.29, 0.717) is 25.2 Å². The molecule has 0 spiro atoms. The largest absolute Gasteiger partial charge is 0.416 e. The molecule has 0 unspecified atom stereocenters. The standard InChI is InChI=1S/C21H18F7N3O/c22-15-3-1-12(2-4-15)17-10-29-11-18(17)31-6-5-30(19(31)32)16-8-13(20(23,24)25)7-14(9-16)21(26,27)28/h1-4,7-9,17-18,29H,5-6,10-11H2/t17-,18+/m0/s1. The maximum Gasteiger partial charge on any atom is 0.416 e. The zero-order chi connectivity index (χ0) is 23.3. The van der Waals surface area contributed by atoms with Crippen molar-refractivity contribution in [2.45, 2.75) is 24.3 Å². The van der Waals surface area contributed by atoms with Crippen LogP contribution < -0.4 is 10.2 Å². The number of hydrogen-bond donors (Lipinski definition) is 1. The van der Waals surface area contributed by atoms with Crippen LogP contribution in [-0.2, 0) is 12.4 Å². The molecule has 2 atom stereocenters. The van der Waals surface area contributed by atoms with Crippen LogP contribution in [0.4, 0.5) is 41.2 Å². The van der Waals surface area contributed by atoms with Gasteiger partial charge in [-0.1, -0.05) is 12.1 Å². The van der Waals surface area contributed by atoms with E-state index in [0.717, 1.165) is 10.5 Å². The number of urea groups is 1. The van der Waals surface area contributed by atoms with Gasteiger partial charge in [0.2, 0.25) is 0 Å². The molecule has 0 radical (unpaired) electrons. The molecular weight excluding hydrogens is 443 g/mol. The van der Waals surface area contributed by atoms with Crippen LogP contribution >= 0.6 is 0 Å². The Labute approximate surface area is 178 Å². The van der Waals surface area contributed by atoms with Crippen LogP contribution in [0.25, 0.3) is 0 Å². The van der Waals surface area contributed by atoms with Crippen molar-refractivity contribution in [3.05, 3.63) is 65.0 Å². The SMILES string of the molecule is O=C1N(c2cc(C(F)(F)F)cc(C(F)(F)F)c2)CCN1[C@@H]1CNC[C@H]1c1ccc(F)cc1. The first kappa shape index (κ1) is 22.4. The molecule has 0 aliphatic carbocycles. The van der Waals surface area contributed by atoms with E-state index >= 15 is 0 Å². The van der Waals surface area contributed by atoms with E-state index in [-0.39, 0.29) is 31.1 Å². The summed E-state index contributed by atoms with van der Waals surface area (Å²) in [7, 11) is 0. The monoisotopic (exact) mass is 461 g/mol. The summed E-state index contributed by atoms with van der Waals surface area (Å²) in [5.74, 6) is -0.601. The second kappa shape index (κ2) is 7.95. The Kier molecular flexibility index (Phi) is 5.56. The molecule has 0 saturated carbocycles. The van der Waals surface area contributed by atoms with Crippen LogP contribution in [0.15, 0.2) is 42.5 Å². The molecular formula is C21H18F7N3O. The predicted octanol–water partition coefficient (Wildman–Crippen LogP) is 4.86. The molecule has 0 aromatic heterocycles. The van der Waals surface area contributed by atoms with Crippen molar-refractivity contribution in [2.24, 2.45) is 0 Å². The summed E-state index contributed by atoms with van der Waals surface area (Å²) in [6.45, 7) is 0.991. The van der Waals surface area contributed by atoms with E-state index in [1.54, 1.807) is 12.1 Å². The Morgan fingerprint density at radius 1 is 0.844 bits per heavy atom. The number of carbonyl (C=O) groups excluding carboxylic acids is 1. The molecule has 2 amide bonds. The van der Waals surface area contributed by atoms with Gasteiger partial charge in [0.25, 0.3) is 0 Å². The van der Waals surface area contributed by atoms with Crippen molar-refractivity contribution in [1.29, 1.82) is 0 Å². The summed E-state index contributed by atoms with van der Waals surface area (Å²) in [5.41, 5.74) is -2.62. The van der Waals surface area contributed by atoms with Crippen molar-refractivity contribution in [3.8, 4) is 0 Å². The molecule has 32 heavy (non-hydrogen) atoms. The molecule has 4 nitrogen and oxygen atoms in total. The maximum absolute atomic E-state index is 13.3. The molecule has 2 saturated heterocycles. The van der Waals surface area contributed by atoms with Gasteiger partial charge in [0.15, 0.2) is 0 Å². The summed E-state index contributed by atoms with van der Waals surface area (Å²) < 4.78 is 92.4. The lowest BCUT2D eigenvalue weighted by atomic mass is 9.93. The number of alkyl halides is 6. The third-order valence-electron chi connectivity index (χ3n) is 5.81. The van der Waals surface area contributed by atoms with E-state index in [9.17, 15) is 35.5 Å². The Morgan fingerprint density at radius 3 is 2.00 bits per heavy atom. The number of anilines is 1. The lowest BCUT2D eigenvalue weighted by Crippen LogP contribution is -2.43. The first-order valence-corrected chi connectivity index (χ1v) is 9.79. The van der Waals surface area contributed by atoms with Gasteiger partial charge in [0.1, 0.15) is 5.82 Å². The van der Waals surface area contributed by atoms with Gasteiger partial charge in [-0.05, 0) is 35.9 Å². The average Bonchev–Trinajstić information content (AvgIpc) is 3.33. The van der Waals surface area contributed by atoms with E-state index < -0.39 is 41.0 Å². The van der Waals surface area contributed by atoms with E-state index in [1.807, 2.05) is 0 Å².